The second-order valence-corrected chi connectivity index (χ2v) is 36.0. The Bertz CT molecular complexity index is 7100. The number of aryl methyl sites for hydroxylation is 4. The number of hydrogen-bond acceptors (Lipinski definition) is 16. The first-order chi connectivity index (χ1) is 64.4. The van der Waals surface area contributed by atoms with Crippen LogP contribution in [0.5, 0.6) is 0 Å². The average molecular weight is 1780 g/mol. The minimum absolute atomic E-state index is 0.140. The zero-order chi connectivity index (χ0) is 91.7. The maximum Gasteiger partial charge on any atom is 0.373 e. The summed E-state index contributed by atoms with van der Waals surface area (Å²) in [6.07, 6.45) is 4.98. The Hall–Kier alpha value is -15.4. The number of nitrogens with zero attached hydrogens (tertiary/aromatic N) is 4. The number of methoxy groups -OCH3 is 2. The van der Waals surface area contributed by atoms with Crippen molar-refractivity contribution in [2.45, 2.75) is 84.8 Å². The third kappa shape index (κ3) is 20.3. The Balaban J connectivity index is 0.000000188. The molecule has 16 aromatic carbocycles. The van der Waals surface area contributed by atoms with Gasteiger partial charge >= 0.3 is 18.1 Å². The maximum absolute atomic E-state index is 15.0. The molecule has 0 saturated carbocycles. The number of hydrogen-bond donors (Lipinski definition) is 0. The van der Waals surface area contributed by atoms with Crippen molar-refractivity contribution in [2.24, 2.45) is 0 Å². The summed E-state index contributed by atoms with van der Waals surface area (Å²) in [4.78, 5) is 61.7. The highest BCUT2D eigenvalue weighted by Gasteiger charge is 2.37. The predicted molar refractivity (Wildman–Crippen MR) is 525 cm³/mol. The number of sulfone groups is 2. The van der Waals surface area contributed by atoms with E-state index in [0.29, 0.717) is 71.6 Å². The van der Waals surface area contributed by atoms with Gasteiger partial charge in [0.25, 0.3) is 0 Å². The monoisotopic (exact) mass is 1780 g/mol. The number of ketones is 1. The van der Waals surface area contributed by atoms with Crippen LogP contribution in [0.1, 0.15) is 61.8 Å². The summed E-state index contributed by atoms with van der Waals surface area (Å²) < 4.78 is 74.8. The minimum Gasteiger partial charge on any atom is -0.469 e. The molecule has 16 aromatic rings. The van der Waals surface area contributed by atoms with E-state index < -0.39 is 19.7 Å². The van der Waals surface area contributed by atoms with Gasteiger partial charge in [0.05, 0.1) is 33.3 Å². The lowest BCUT2D eigenvalue weighted by Gasteiger charge is -2.26. The first-order valence-electron chi connectivity index (χ1n) is 43.8. The molecule has 2 heterocycles. The fraction of sp³-hybridized carbons (Fsp3) is 0.123. The van der Waals surface area contributed by atoms with E-state index in [1.165, 1.54) is 12.7 Å². The molecule has 0 aliphatic carbocycles. The van der Waals surface area contributed by atoms with E-state index >= 15 is 0 Å². The molecule has 0 fully saturated rings. The molecule has 0 amide bonds. The Morgan fingerprint density at radius 3 is 0.773 bits per heavy atom. The highest BCUT2D eigenvalue weighted by Crippen LogP contribution is 2.52. The van der Waals surface area contributed by atoms with Crippen LogP contribution in [0.15, 0.2) is 408 Å². The van der Waals surface area contributed by atoms with Crippen LogP contribution in [0.4, 0.5) is 68.2 Å². The molecule has 18 rings (SSSR count). The highest BCUT2D eigenvalue weighted by molar-refractivity contribution is 7.92. The SMILES string of the molecule is CCCc1ccc(N(c2cccc(-c3ccccc3)c2)c2ccc3c(c2)S(=O)(=O)c2cc(N(c4ccc(CCC(=O)OC)cc4)c4cccc(-c5ccccc5)c4)ccc2-3)cc1.COCCOC(=O)CCc1ccc(N(c2cccc(-c3ccccc3)c2)c2ccc3c(c2)S(=O)(=O)c2cc(N(c4ccc(CCC(C)=O)cc4)c4cccc(-c5ccccc5)c4)ccc2-3)cc1.O=C=O. The molecule has 656 valence electrons. The van der Waals surface area contributed by atoms with Gasteiger partial charge in [0.15, 0.2) is 0 Å². The fourth-order valence-corrected chi connectivity index (χ4v) is 20.4. The van der Waals surface area contributed by atoms with Crippen LogP contribution in [0.2, 0.25) is 0 Å². The lowest BCUT2D eigenvalue weighted by atomic mass is 10.0. The third-order valence-corrected chi connectivity index (χ3v) is 27.2. The molecule has 2 aliphatic rings. The molecule has 16 nitrogen and oxygen atoms in total. The number of carbonyl (C=O) groups is 3. The Morgan fingerprint density at radius 1 is 0.273 bits per heavy atom. The minimum atomic E-state index is -4.00. The molecular weight excluding hydrogens is 1680 g/mol. The number of rotatable bonds is 30. The van der Waals surface area contributed by atoms with Gasteiger partial charge in [-0.15, -0.1) is 0 Å². The summed E-state index contributed by atoms with van der Waals surface area (Å²) in [5.74, 6) is -0.400. The van der Waals surface area contributed by atoms with Crippen molar-refractivity contribution in [2.75, 3.05) is 47.0 Å². The van der Waals surface area contributed by atoms with Crippen LogP contribution in [0, 0.1) is 0 Å². The van der Waals surface area contributed by atoms with E-state index in [4.69, 9.17) is 23.8 Å². The van der Waals surface area contributed by atoms with Gasteiger partial charge in [-0.25, -0.2) is 16.8 Å². The van der Waals surface area contributed by atoms with Crippen molar-refractivity contribution in [1.29, 1.82) is 0 Å². The summed E-state index contributed by atoms with van der Waals surface area (Å²) in [7, 11) is -4.98. The van der Waals surface area contributed by atoms with Crippen molar-refractivity contribution in [3.05, 3.63) is 411 Å². The Morgan fingerprint density at radius 2 is 0.515 bits per heavy atom. The number of anilines is 12. The lowest BCUT2D eigenvalue weighted by Crippen LogP contribution is -2.12. The second kappa shape index (κ2) is 41.3. The van der Waals surface area contributed by atoms with Gasteiger partial charge in [-0.3, -0.25) is 9.59 Å². The summed E-state index contributed by atoms with van der Waals surface area (Å²) >= 11 is 0. The van der Waals surface area contributed by atoms with Gasteiger partial charge in [0.1, 0.15) is 12.4 Å². The van der Waals surface area contributed by atoms with Crippen LogP contribution in [-0.4, -0.2) is 68.1 Å². The smallest absolute Gasteiger partial charge is 0.373 e. The van der Waals surface area contributed by atoms with E-state index in [1.54, 1.807) is 32.2 Å². The lowest BCUT2D eigenvalue weighted by molar-refractivity contribution is -0.191. The number of fused-ring (bicyclic) bond motifs is 6. The summed E-state index contributed by atoms with van der Waals surface area (Å²) in [5, 5.41) is 0. The van der Waals surface area contributed by atoms with E-state index in [-0.39, 0.29) is 62.9 Å². The molecule has 2 aliphatic heterocycles. The number of ether oxygens (including phenoxy) is 3. The van der Waals surface area contributed by atoms with Gasteiger partial charge in [0, 0.05) is 117 Å². The molecule has 18 heteroatoms. The van der Waals surface area contributed by atoms with Gasteiger partial charge in [-0.1, -0.05) is 256 Å². The number of esters is 2. The van der Waals surface area contributed by atoms with Crippen molar-refractivity contribution < 1.29 is 55.0 Å². The summed E-state index contributed by atoms with van der Waals surface area (Å²) in [5.41, 5.74) is 25.2. The van der Waals surface area contributed by atoms with E-state index in [1.807, 2.05) is 237 Å². The van der Waals surface area contributed by atoms with Crippen LogP contribution < -0.4 is 19.6 Å². The second-order valence-electron chi connectivity index (χ2n) is 32.2. The van der Waals surface area contributed by atoms with Crippen molar-refractivity contribution in [3.63, 3.8) is 0 Å². The molecule has 0 atom stereocenters. The molecule has 0 radical (unpaired) electrons. The largest absolute Gasteiger partial charge is 0.469 e. The Kier molecular flexibility index (Phi) is 28.2. The fourth-order valence-electron chi connectivity index (χ4n) is 17.0. The summed E-state index contributed by atoms with van der Waals surface area (Å²) in [6.45, 7) is 4.35. The number of carbonyl (C=O) groups excluding carboxylic acids is 5. The number of Topliss-reactive ketones (excluding diaryl/α,β-unsaturated/α-hetero) is 1. The zero-order valence-electron chi connectivity index (χ0n) is 73.5. The highest BCUT2D eigenvalue weighted by atomic mass is 32.2. The molecular formula is C114H96N4O12S2. The quantitative estimate of drug-likeness (QED) is 0.0304. The van der Waals surface area contributed by atoms with Crippen LogP contribution in [-0.2, 0) is 83.5 Å². The maximum atomic E-state index is 15.0. The molecule has 0 aromatic heterocycles. The van der Waals surface area contributed by atoms with Crippen LogP contribution in [0.25, 0.3) is 66.8 Å². The topological polar surface area (TPSA) is 194 Å². The van der Waals surface area contributed by atoms with Gasteiger partial charge in [0.2, 0.25) is 19.7 Å². The van der Waals surface area contributed by atoms with Crippen molar-refractivity contribution in [3.8, 4) is 66.8 Å². The Labute approximate surface area is 770 Å². The molecule has 0 spiro atoms. The predicted octanol–water partition coefficient (Wildman–Crippen LogP) is 26.7. The van der Waals surface area contributed by atoms with Gasteiger partial charge in [-0.2, -0.15) is 9.59 Å². The van der Waals surface area contributed by atoms with Gasteiger partial charge < -0.3 is 38.6 Å². The molecule has 132 heavy (non-hydrogen) atoms. The standard InChI is InChI=1S/C58H50N2O6S.C55H46N2O4S.CO2/c1-41(61)19-20-42-21-26-48(27-22-42)59(50-17-9-15-46(37-50)44-11-5-3-6-12-44)52-30-32-54-55-33-31-53(40-57(55)67(63,64)56(54)39-52)60(51-18-10-16-47(38-51)45-13-7-4-8-14-45)49-28-23-43(24-29-49)25-34-58(62)66-36-35-65-2;1-3-12-39-21-26-45(27-22-39)56(47-19-10-17-43(35-47)41-13-6-4-7-14-41)49-30-32-51-52-33-31-50(38-54(52)62(59,60)53(51)37-49)57(46-28-23-40(24-29-46)25-34-55(58)61-2)48-20-11-18-44(36-48)42-15-8-5-9-16-42;2-1-3/h3-18,21-24,26-33,37-40H,19-20,25,34-36H2,1-2H3;4-11,13-24,26-33,35-38H,3,12,25,34H2,1-2H3;. The average Bonchev–Trinajstić information content (AvgIpc) is 1.57. The van der Waals surface area contributed by atoms with Gasteiger partial charge in [-0.05, 0) is 245 Å². The van der Waals surface area contributed by atoms with E-state index in [2.05, 4.69) is 160 Å². The summed E-state index contributed by atoms with van der Waals surface area (Å²) in [6, 6.07) is 129. The first kappa shape index (κ1) is 89.9. The van der Waals surface area contributed by atoms with Crippen molar-refractivity contribution >= 4 is 112 Å². The molecule has 0 saturated heterocycles. The number of benzene rings is 16. The molecule has 0 unspecified atom stereocenters. The van der Waals surface area contributed by atoms with Crippen molar-refractivity contribution in [1.82, 2.24) is 0 Å². The zero-order valence-corrected chi connectivity index (χ0v) is 75.2. The normalized spacial score (nSPS) is 12.0. The van der Waals surface area contributed by atoms with E-state index in [9.17, 15) is 31.2 Å². The third-order valence-electron chi connectivity index (χ3n) is 23.6. The first-order valence-corrected chi connectivity index (χ1v) is 46.8. The van der Waals surface area contributed by atoms with E-state index in [0.717, 1.165) is 125 Å². The molecule has 0 bridgehead atoms. The molecule has 0 N–H and O–H groups in total. The van der Waals surface area contributed by atoms with Crippen LogP contribution >= 0.6 is 0 Å². The van der Waals surface area contributed by atoms with Crippen LogP contribution in [0.3, 0.4) is 0 Å².